The van der Waals surface area contributed by atoms with Gasteiger partial charge < -0.3 is 9.47 Å². The molecule has 0 aromatic heterocycles. The van der Waals surface area contributed by atoms with Gasteiger partial charge in [-0.15, -0.1) is 0 Å². The smallest absolute Gasteiger partial charge is 0.411 e. The number of hydrogen-bond donors (Lipinski definition) is 2. The summed E-state index contributed by atoms with van der Waals surface area (Å²) in [6.07, 6.45) is -0.668. The SMILES string of the molecule is CCOC(=O)Nc1cc(S(=O)(=O)NCC(C)C)ccc1OCC. The van der Waals surface area contributed by atoms with Gasteiger partial charge in [-0.25, -0.2) is 17.9 Å². The van der Waals surface area contributed by atoms with E-state index >= 15 is 0 Å². The first-order valence-electron chi connectivity index (χ1n) is 7.50. The van der Waals surface area contributed by atoms with E-state index in [4.69, 9.17) is 9.47 Å². The molecule has 1 amide bonds. The van der Waals surface area contributed by atoms with Crippen LogP contribution in [0.3, 0.4) is 0 Å². The topological polar surface area (TPSA) is 93.7 Å². The number of nitrogens with one attached hydrogen (secondary N) is 2. The summed E-state index contributed by atoms with van der Waals surface area (Å²) in [5.74, 6) is 0.563. The van der Waals surface area contributed by atoms with E-state index < -0.39 is 16.1 Å². The Morgan fingerprint density at radius 3 is 2.48 bits per heavy atom. The van der Waals surface area contributed by atoms with Crippen molar-refractivity contribution in [1.82, 2.24) is 4.72 Å². The number of hydrogen-bond acceptors (Lipinski definition) is 5. The van der Waals surface area contributed by atoms with Gasteiger partial charge in [0.2, 0.25) is 10.0 Å². The van der Waals surface area contributed by atoms with Crippen LogP contribution in [0.2, 0.25) is 0 Å². The molecule has 8 heteroatoms. The molecule has 23 heavy (non-hydrogen) atoms. The summed E-state index contributed by atoms with van der Waals surface area (Å²) in [6, 6.07) is 4.30. The van der Waals surface area contributed by atoms with Crippen molar-refractivity contribution in [2.24, 2.45) is 5.92 Å². The molecule has 0 fully saturated rings. The summed E-state index contributed by atoms with van der Waals surface area (Å²) in [5, 5.41) is 2.50. The van der Waals surface area contributed by atoms with Crippen LogP contribution in [0.15, 0.2) is 23.1 Å². The van der Waals surface area contributed by atoms with Crippen molar-refractivity contribution in [3.05, 3.63) is 18.2 Å². The second kappa shape index (κ2) is 8.73. The van der Waals surface area contributed by atoms with E-state index in [1.54, 1.807) is 13.8 Å². The van der Waals surface area contributed by atoms with Crippen LogP contribution in [-0.2, 0) is 14.8 Å². The molecule has 0 aliphatic carbocycles. The van der Waals surface area contributed by atoms with Gasteiger partial charge >= 0.3 is 6.09 Å². The lowest BCUT2D eigenvalue weighted by molar-refractivity contribution is 0.167. The van der Waals surface area contributed by atoms with Crippen LogP contribution in [0, 0.1) is 5.92 Å². The standard InChI is InChI=1S/C15H24N2O5S/c1-5-21-14-8-7-12(23(19,20)16-10-11(3)4)9-13(14)17-15(18)22-6-2/h7-9,11,16H,5-6,10H2,1-4H3,(H,17,18). The summed E-state index contributed by atoms with van der Waals surface area (Å²) in [4.78, 5) is 11.6. The van der Waals surface area contributed by atoms with Crippen molar-refractivity contribution in [3.63, 3.8) is 0 Å². The first-order valence-corrected chi connectivity index (χ1v) is 8.98. The monoisotopic (exact) mass is 344 g/mol. The fourth-order valence-corrected chi connectivity index (χ4v) is 2.93. The number of anilines is 1. The molecule has 0 saturated heterocycles. The number of amides is 1. The zero-order chi connectivity index (χ0) is 17.5. The van der Waals surface area contributed by atoms with Crippen LogP contribution in [-0.4, -0.2) is 34.3 Å². The quantitative estimate of drug-likeness (QED) is 0.756. The molecule has 0 spiro atoms. The van der Waals surface area contributed by atoms with Crippen LogP contribution < -0.4 is 14.8 Å². The first-order chi connectivity index (χ1) is 10.8. The molecule has 1 rings (SSSR count). The summed E-state index contributed by atoms with van der Waals surface area (Å²) in [7, 11) is -3.66. The van der Waals surface area contributed by atoms with Crippen molar-refractivity contribution < 1.29 is 22.7 Å². The predicted octanol–water partition coefficient (Wildman–Crippen LogP) is 2.59. The number of benzene rings is 1. The molecule has 0 saturated carbocycles. The highest BCUT2D eigenvalue weighted by Crippen LogP contribution is 2.28. The maximum Gasteiger partial charge on any atom is 0.411 e. The van der Waals surface area contributed by atoms with Crippen LogP contribution >= 0.6 is 0 Å². The van der Waals surface area contributed by atoms with E-state index in [1.807, 2.05) is 13.8 Å². The van der Waals surface area contributed by atoms with Crippen LogP contribution in [0.1, 0.15) is 27.7 Å². The summed E-state index contributed by atoms with van der Waals surface area (Å²) >= 11 is 0. The fraction of sp³-hybridized carbons (Fsp3) is 0.533. The Hall–Kier alpha value is -1.80. The Bertz CT molecular complexity index is 629. The van der Waals surface area contributed by atoms with Crippen molar-refractivity contribution >= 4 is 21.8 Å². The molecule has 1 aromatic carbocycles. The minimum Gasteiger partial charge on any atom is -0.492 e. The van der Waals surface area contributed by atoms with Crippen LogP contribution in [0.4, 0.5) is 10.5 Å². The highest BCUT2D eigenvalue weighted by molar-refractivity contribution is 7.89. The van der Waals surface area contributed by atoms with E-state index in [0.717, 1.165) is 0 Å². The van der Waals surface area contributed by atoms with E-state index in [-0.39, 0.29) is 23.1 Å². The third-order valence-corrected chi connectivity index (χ3v) is 4.18. The average Bonchev–Trinajstić information content (AvgIpc) is 2.47. The van der Waals surface area contributed by atoms with Crippen molar-refractivity contribution in [1.29, 1.82) is 0 Å². The summed E-state index contributed by atoms with van der Waals surface area (Å²) in [6.45, 7) is 8.22. The molecular formula is C15H24N2O5S. The average molecular weight is 344 g/mol. The molecule has 0 aliphatic heterocycles. The molecule has 7 nitrogen and oxygen atoms in total. The van der Waals surface area contributed by atoms with Gasteiger partial charge in [0.25, 0.3) is 0 Å². The van der Waals surface area contributed by atoms with Gasteiger partial charge in [-0.05, 0) is 38.0 Å². The highest BCUT2D eigenvalue weighted by atomic mass is 32.2. The number of sulfonamides is 1. The molecule has 0 heterocycles. The van der Waals surface area contributed by atoms with Gasteiger partial charge in [0.15, 0.2) is 0 Å². The number of ether oxygens (including phenoxy) is 2. The van der Waals surface area contributed by atoms with E-state index in [1.165, 1.54) is 18.2 Å². The van der Waals surface area contributed by atoms with Crippen molar-refractivity contribution in [2.45, 2.75) is 32.6 Å². The second-order valence-corrected chi connectivity index (χ2v) is 6.95. The van der Waals surface area contributed by atoms with Gasteiger partial charge in [0, 0.05) is 6.54 Å². The van der Waals surface area contributed by atoms with Gasteiger partial charge in [-0.1, -0.05) is 13.8 Å². The maximum absolute atomic E-state index is 12.3. The highest BCUT2D eigenvalue weighted by Gasteiger charge is 2.18. The van der Waals surface area contributed by atoms with E-state index in [9.17, 15) is 13.2 Å². The Morgan fingerprint density at radius 1 is 1.22 bits per heavy atom. The number of carbonyl (C=O) groups excluding carboxylic acids is 1. The molecule has 2 N–H and O–H groups in total. The Labute approximate surface area is 137 Å². The molecular weight excluding hydrogens is 320 g/mol. The van der Waals surface area contributed by atoms with Crippen LogP contribution in [0.5, 0.6) is 5.75 Å². The maximum atomic E-state index is 12.3. The number of carbonyl (C=O) groups is 1. The molecule has 0 bridgehead atoms. The van der Waals surface area contributed by atoms with Gasteiger partial charge in [0.05, 0.1) is 23.8 Å². The molecule has 1 aromatic rings. The Kier molecular flexibility index (Phi) is 7.31. The number of rotatable bonds is 8. The zero-order valence-corrected chi connectivity index (χ0v) is 14.7. The molecule has 0 unspecified atom stereocenters. The lowest BCUT2D eigenvalue weighted by atomic mass is 10.2. The van der Waals surface area contributed by atoms with Gasteiger partial charge in [-0.2, -0.15) is 0 Å². The minimum atomic E-state index is -3.66. The first kappa shape index (κ1) is 19.2. The third-order valence-electron chi connectivity index (χ3n) is 2.75. The largest absolute Gasteiger partial charge is 0.492 e. The Balaban J connectivity index is 3.09. The minimum absolute atomic E-state index is 0.0494. The van der Waals surface area contributed by atoms with E-state index in [2.05, 4.69) is 10.0 Å². The lowest BCUT2D eigenvalue weighted by Gasteiger charge is -2.14. The summed E-state index contributed by atoms with van der Waals surface area (Å²) < 4.78 is 37.3. The lowest BCUT2D eigenvalue weighted by Crippen LogP contribution is -2.27. The van der Waals surface area contributed by atoms with Gasteiger partial charge in [-0.3, -0.25) is 5.32 Å². The summed E-state index contributed by atoms with van der Waals surface area (Å²) in [5.41, 5.74) is 0.248. The van der Waals surface area contributed by atoms with Crippen molar-refractivity contribution in [2.75, 3.05) is 25.1 Å². The molecule has 0 aliphatic rings. The Morgan fingerprint density at radius 2 is 1.91 bits per heavy atom. The molecule has 0 radical (unpaired) electrons. The fourth-order valence-electron chi connectivity index (χ4n) is 1.69. The predicted molar refractivity (Wildman–Crippen MR) is 88.3 cm³/mol. The van der Waals surface area contributed by atoms with Crippen molar-refractivity contribution in [3.8, 4) is 5.75 Å². The van der Waals surface area contributed by atoms with Crippen LogP contribution in [0.25, 0.3) is 0 Å². The molecule has 0 atom stereocenters. The second-order valence-electron chi connectivity index (χ2n) is 5.18. The van der Waals surface area contributed by atoms with Gasteiger partial charge in [0.1, 0.15) is 5.75 Å². The zero-order valence-electron chi connectivity index (χ0n) is 13.9. The van der Waals surface area contributed by atoms with E-state index in [0.29, 0.717) is 18.9 Å². The third kappa shape index (κ3) is 6.07. The normalized spacial score (nSPS) is 11.3. The molecule has 130 valence electrons.